The topological polar surface area (TPSA) is 47.0 Å². The fourth-order valence-electron chi connectivity index (χ4n) is 2.39. The van der Waals surface area contributed by atoms with Crippen LogP contribution in [0.3, 0.4) is 0 Å². The van der Waals surface area contributed by atoms with Crippen molar-refractivity contribution in [2.45, 2.75) is 39.2 Å². The quantitative estimate of drug-likeness (QED) is 0.875. The highest BCUT2D eigenvalue weighted by molar-refractivity contribution is 5.29. The molecule has 1 aromatic heterocycles. The van der Waals surface area contributed by atoms with Gasteiger partial charge in [0.2, 0.25) is 11.8 Å². The lowest BCUT2D eigenvalue weighted by molar-refractivity contribution is 0.260. The fraction of sp³-hybridized carbons (Fsp3) is 0.692. The van der Waals surface area contributed by atoms with Gasteiger partial charge in [-0.25, -0.2) is 4.98 Å². The van der Waals surface area contributed by atoms with Gasteiger partial charge in [-0.2, -0.15) is 4.98 Å². The van der Waals surface area contributed by atoms with Gasteiger partial charge in [0.25, 0.3) is 0 Å². The van der Waals surface area contributed by atoms with Crippen LogP contribution in [0.5, 0.6) is 5.88 Å². The molecule has 1 saturated carbocycles. The Hall–Kier alpha value is -1.32. The molecule has 1 aromatic rings. The second kappa shape index (κ2) is 5.34. The summed E-state index contributed by atoms with van der Waals surface area (Å²) >= 11 is 0. The van der Waals surface area contributed by atoms with Crippen molar-refractivity contribution in [3.63, 3.8) is 0 Å². The first-order valence-electron chi connectivity index (χ1n) is 6.32. The number of anilines is 1. The summed E-state index contributed by atoms with van der Waals surface area (Å²) < 4.78 is 5.09. The van der Waals surface area contributed by atoms with Crippen LogP contribution in [0.2, 0.25) is 0 Å². The first-order valence-corrected chi connectivity index (χ1v) is 6.32. The maximum Gasteiger partial charge on any atom is 0.226 e. The molecule has 1 aliphatic rings. The zero-order chi connectivity index (χ0) is 12.3. The largest absolute Gasteiger partial charge is 0.481 e. The number of hydrogen-bond acceptors (Lipinski definition) is 4. The average molecular weight is 235 g/mol. The van der Waals surface area contributed by atoms with E-state index in [0.717, 1.165) is 11.8 Å². The smallest absolute Gasteiger partial charge is 0.226 e. The first-order chi connectivity index (χ1) is 8.19. The summed E-state index contributed by atoms with van der Waals surface area (Å²) in [6.07, 6.45) is 5.40. The lowest BCUT2D eigenvalue weighted by Gasteiger charge is -2.32. The normalized spacial score (nSPS) is 28.8. The Bertz CT molecular complexity index is 369. The van der Waals surface area contributed by atoms with E-state index >= 15 is 0 Å². The molecule has 2 rings (SSSR count). The van der Waals surface area contributed by atoms with Crippen molar-refractivity contribution in [3.05, 3.63) is 12.3 Å². The monoisotopic (exact) mass is 235 g/mol. The van der Waals surface area contributed by atoms with Crippen LogP contribution in [0.15, 0.2) is 12.3 Å². The molecular formula is C13H21N3O. The van der Waals surface area contributed by atoms with Gasteiger partial charge in [-0.05, 0) is 31.1 Å². The number of nitrogens with zero attached hydrogens (tertiary/aromatic N) is 2. The molecule has 4 heteroatoms. The van der Waals surface area contributed by atoms with Crippen molar-refractivity contribution in [1.82, 2.24) is 9.97 Å². The molecule has 94 valence electrons. The van der Waals surface area contributed by atoms with Gasteiger partial charge in [-0.3, -0.25) is 0 Å². The lowest BCUT2D eigenvalue weighted by atomic mass is 9.79. The number of methoxy groups -OCH3 is 1. The summed E-state index contributed by atoms with van der Waals surface area (Å²) in [7, 11) is 1.62. The molecule has 3 unspecified atom stereocenters. The molecule has 0 saturated heterocycles. The molecular weight excluding hydrogens is 214 g/mol. The summed E-state index contributed by atoms with van der Waals surface area (Å²) in [5.41, 5.74) is 0. The van der Waals surface area contributed by atoms with Crippen molar-refractivity contribution in [2.24, 2.45) is 11.8 Å². The molecule has 1 heterocycles. The molecule has 0 aliphatic heterocycles. The standard InChI is InChI=1S/C13H21N3O/c1-9-4-5-11(8-10(9)2)15-13-14-7-6-12(16-13)17-3/h6-7,9-11H,4-5,8H2,1-3H3,(H,14,15,16). The molecule has 0 aromatic carbocycles. The third-order valence-electron chi connectivity index (χ3n) is 3.77. The third-order valence-corrected chi connectivity index (χ3v) is 3.77. The Labute approximate surface area is 103 Å². The number of aromatic nitrogens is 2. The van der Waals surface area contributed by atoms with E-state index in [1.54, 1.807) is 19.4 Å². The van der Waals surface area contributed by atoms with Crippen LogP contribution in [-0.4, -0.2) is 23.1 Å². The summed E-state index contributed by atoms with van der Waals surface area (Å²) in [4.78, 5) is 8.51. The first kappa shape index (κ1) is 12.1. The van der Waals surface area contributed by atoms with Crippen molar-refractivity contribution >= 4 is 5.95 Å². The van der Waals surface area contributed by atoms with E-state index in [9.17, 15) is 0 Å². The van der Waals surface area contributed by atoms with Crippen LogP contribution < -0.4 is 10.1 Å². The number of nitrogens with one attached hydrogen (secondary N) is 1. The van der Waals surface area contributed by atoms with Crippen molar-refractivity contribution in [3.8, 4) is 5.88 Å². The summed E-state index contributed by atoms with van der Waals surface area (Å²) in [5, 5.41) is 3.40. The molecule has 4 nitrogen and oxygen atoms in total. The van der Waals surface area contributed by atoms with Gasteiger partial charge in [0.15, 0.2) is 0 Å². The molecule has 1 fully saturated rings. The zero-order valence-electron chi connectivity index (χ0n) is 10.8. The Balaban J connectivity index is 1.96. The Morgan fingerprint density at radius 3 is 2.82 bits per heavy atom. The van der Waals surface area contributed by atoms with E-state index in [1.807, 2.05) is 0 Å². The average Bonchev–Trinajstić information content (AvgIpc) is 2.34. The fourth-order valence-corrected chi connectivity index (χ4v) is 2.39. The number of hydrogen-bond donors (Lipinski definition) is 1. The molecule has 17 heavy (non-hydrogen) atoms. The lowest BCUT2D eigenvalue weighted by Crippen LogP contribution is -2.30. The van der Waals surface area contributed by atoms with E-state index in [0.29, 0.717) is 17.9 Å². The number of rotatable bonds is 3. The van der Waals surface area contributed by atoms with Gasteiger partial charge in [0.1, 0.15) is 0 Å². The minimum absolute atomic E-state index is 0.494. The third kappa shape index (κ3) is 3.08. The minimum atomic E-state index is 0.494. The Morgan fingerprint density at radius 2 is 2.12 bits per heavy atom. The molecule has 0 amide bonds. The highest BCUT2D eigenvalue weighted by Gasteiger charge is 2.24. The molecule has 3 atom stereocenters. The molecule has 0 bridgehead atoms. The second-order valence-corrected chi connectivity index (χ2v) is 5.03. The summed E-state index contributed by atoms with van der Waals surface area (Å²) in [5.74, 6) is 2.89. The van der Waals surface area contributed by atoms with Gasteiger partial charge >= 0.3 is 0 Å². The summed E-state index contributed by atoms with van der Waals surface area (Å²) in [6, 6.07) is 2.25. The van der Waals surface area contributed by atoms with E-state index in [1.165, 1.54) is 19.3 Å². The molecule has 0 radical (unpaired) electrons. The molecule has 1 aliphatic carbocycles. The Kier molecular flexibility index (Phi) is 3.82. The van der Waals surface area contributed by atoms with Crippen molar-refractivity contribution in [1.29, 1.82) is 0 Å². The number of ether oxygens (including phenoxy) is 1. The van der Waals surface area contributed by atoms with Crippen molar-refractivity contribution in [2.75, 3.05) is 12.4 Å². The SMILES string of the molecule is COc1ccnc(NC2CCC(C)C(C)C2)n1. The van der Waals surface area contributed by atoms with Crippen LogP contribution in [0, 0.1) is 11.8 Å². The van der Waals surface area contributed by atoms with E-state index in [-0.39, 0.29) is 0 Å². The van der Waals surface area contributed by atoms with Gasteiger partial charge in [0, 0.05) is 18.3 Å². The highest BCUT2D eigenvalue weighted by atomic mass is 16.5. The predicted molar refractivity (Wildman–Crippen MR) is 68.2 cm³/mol. The van der Waals surface area contributed by atoms with E-state index in [2.05, 4.69) is 29.1 Å². The van der Waals surface area contributed by atoms with Gasteiger partial charge in [0.05, 0.1) is 7.11 Å². The maximum atomic E-state index is 5.09. The molecule has 1 N–H and O–H groups in total. The Morgan fingerprint density at radius 1 is 1.29 bits per heavy atom. The van der Waals surface area contributed by atoms with Crippen LogP contribution in [-0.2, 0) is 0 Å². The van der Waals surface area contributed by atoms with Gasteiger partial charge in [-0.1, -0.05) is 13.8 Å². The van der Waals surface area contributed by atoms with Crippen LogP contribution in [0.4, 0.5) is 5.95 Å². The predicted octanol–water partition coefficient (Wildman–Crippen LogP) is 2.72. The van der Waals surface area contributed by atoms with E-state index < -0.39 is 0 Å². The molecule has 0 spiro atoms. The second-order valence-electron chi connectivity index (χ2n) is 5.03. The summed E-state index contributed by atoms with van der Waals surface area (Å²) in [6.45, 7) is 4.66. The highest BCUT2D eigenvalue weighted by Crippen LogP contribution is 2.30. The van der Waals surface area contributed by atoms with Crippen molar-refractivity contribution < 1.29 is 4.74 Å². The minimum Gasteiger partial charge on any atom is -0.481 e. The van der Waals surface area contributed by atoms with Gasteiger partial charge < -0.3 is 10.1 Å². The van der Waals surface area contributed by atoms with Crippen LogP contribution >= 0.6 is 0 Å². The van der Waals surface area contributed by atoms with Crippen LogP contribution in [0.25, 0.3) is 0 Å². The maximum absolute atomic E-state index is 5.09. The van der Waals surface area contributed by atoms with Crippen LogP contribution in [0.1, 0.15) is 33.1 Å². The van der Waals surface area contributed by atoms with E-state index in [4.69, 9.17) is 4.74 Å². The zero-order valence-corrected chi connectivity index (χ0v) is 10.8. The van der Waals surface area contributed by atoms with Gasteiger partial charge in [-0.15, -0.1) is 0 Å².